The first-order chi connectivity index (χ1) is 18.9. The van der Waals surface area contributed by atoms with Gasteiger partial charge in [-0.25, -0.2) is 0 Å². The zero-order valence-corrected chi connectivity index (χ0v) is 23.7. The number of nitrogens with one attached hydrogen (secondary N) is 1. The number of rotatable bonds is 7. The molecule has 2 aliphatic heterocycles. The van der Waals surface area contributed by atoms with Crippen LogP contribution in [-0.2, 0) is 16.4 Å². The summed E-state index contributed by atoms with van der Waals surface area (Å²) >= 11 is 0. The van der Waals surface area contributed by atoms with Crippen molar-refractivity contribution in [1.82, 2.24) is 9.80 Å². The van der Waals surface area contributed by atoms with Gasteiger partial charge in [0.15, 0.2) is 0 Å². The van der Waals surface area contributed by atoms with Gasteiger partial charge in [0.2, 0.25) is 5.91 Å². The molecular formula is C31H40F3N5O. The molecule has 2 saturated heterocycles. The summed E-state index contributed by atoms with van der Waals surface area (Å²) in [5.74, 6) is 0.147. The zero-order valence-electron chi connectivity index (χ0n) is 23.7. The van der Waals surface area contributed by atoms with Gasteiger partial charge in [0, 0.05) is 63.1 Å². The molecule has 6 nitrogen and oxygen atoms in total. The summed E-state index contributed by atoms with van der Waals surface area (Å²) in [6.45, 7) is 12.7. The number of alkyl halides is 3. The van der Waals surface area contributed by atoms with Gasteiger partial charge >= 0.3 is 6.18 Å². The number of nitriles is 1. The van der Waals surface area contributed by atoms with Crippen LogP contribution in [0.5, 0.6) is 0 Å². The van der Waals surface area contributed by atoms with Crippen molar-refractivity contribution >= 4 is 17.3 Å². The van der Waals surface area contributed by atoms with Crippen LogP contribution in [0.3, 0.4) is 0 Å². The SMILES string of the molecule is CC(C)(C)c1ccc(N2CCN(CCCC(=O)N3CCC(Nc4ccc(C#N)c(C(F)(F)F)c4)CC3)CC2)cc1. The number of anilines is 2. The monoisotopic (exact) mass is 555 g/mol. The number of piperidine rings is 1. The lowest BCUT2D eigenvalue weighted by atomic mass is 9.87. The van der Waals surface area contributed by atoms with Crippen molar-refractivity contribution in [3.05, 3.63) is 59.2 Å². The minimum atomic E-state index is -4.58. The Bertz CT molecular complexity index is 1180. The molecule has 2 aromatic carbocycles. The molecule has 0 spiro atoms. The van der Waals surface area contributed by atoms with Gasteiger partial charge in [-0.1, -0.05) is 32.9 Å². The van der Waals surface area contributed by atoms with Crippen LogP contribution in [0.2, 0.25) is 0 Å². The number of hydrogen-bond acceptors (Lipinski definition) is 5. The van der Waals surface area contributed by atoms with Crippen LogP contribution in [0.25, 0.3) is 0 Å². The van der Waals surface area contributed by atoms with Gasteiger partial charge in [-0.2, -0.15) is 18.4 Å². The third-order valence-corrected chi connectivity index (χ3v) is 8.00. The first-order valence-corrected chi connectivity index (χ1v) is 14.2. The van der Waals surface area contributed by atoms with Crippen LogP contribution in [0, 0.1) is 11.3 Å². The van der Waals surface area contributed by atoms with E-state index < -0.39 is 11.7 Å². The number of carbonyl (C=O) groups excluding carboxylic acids is 1. The molecule has 2 fully saturated rings. The molecule has 0 aliphatic carbocycles. The average Bonchev–Trinajstić information content (AvgIpc) is 2.93. The van der Waals surface area contributed by atoms with Crippen LogP contribution in [0.1, 0.15) is 63.1 Å². The lowest BCUT2D eigenvalue weighted by molar-refractivity contribution is -0.137. The van der Waals surface area contributed by atoms with E-state index in [0.717, 1.165) is 45.2 Å². The maximum Gasteiger partial charge on any atom is 0.417 e. The van der Waals surface area contributed by atoms with E-state index in [-0.39, 0.29) is 22.9 Å². The Labute approximate surface area is 235 Å². The molecular weight excluding hydrogens is 515 g/mol. The Kier molecular flexibility index (Phi) is 9.29. The Hall–Kier alpha value is -3.25. The Balaban J connectivity index is 1.15. The minimum Gasteiger partial charge on any atom is -0.382 e. The maximum absolute atomic E-state index is 13.3. The van der Waals surface area contributed by atoms with Gasteiger partial charge in [0.25, 0.3) is 0 Å². The third kappa shape index (κ3) is 7.69. The highest BCUT2D eigenvalue weighted by Gasteiger charge is 2.34. The molecule has 0 radical (unpaired) electrons. The second kappa shape index (κ2) is 12.5. The van der Waals surface area contributed by atoms with Crippen LogP contribution < -0.4 is 10.2 Å². The molecule has 0 unspecified atom stereocenters. The van der Waals surface area contributed by atoms with E-state index in [1.54, 1.807) is 6.07 Å². The number of nitrogens with zero attached hydrogens (tertiary/aromatic N) is 4. The number of benzene rings is 2. The maximum atomic E-state index is 13.3. The Morgan fingerprint density at radius 1 is 0.975 bits per heavy atom. The van der Waals surface area contributed by atoms with Gasteiger partial charge in [0.1, 0.15) is 0 Å². The standard InChI is InChI=1S/C31H40F3N5O/c1-30(2,3)24-7-10-27(11-8-24)38-19-17-37(18-20-38)14-4-5-29(40)39-15-12-25(13-16-39)36-26-9-6-23(22-35)28(21-26)31(32,33)34/h6-11,21,25,36H,4-5,12-20H2,1-3H3. The van der Waals surface area contributed by atoms with Crippen molar-refractivity contribution in [2.24, 2.45) is 0 Å². The average molecular weight is 556 g/mol. The van der Waals surface area contributed by atoms with Crippen LogP contribution >= 0.6 is 0 Å². The van der Waals surface area contributed by atoms with Crippen molar-refractivity contribution in [3.8, 4) is 6.07 Å². The fourth-order valence-electron chi connectivity index (χ4n) is 5.49. The summed E-state index contributed by atoms with van der Waals surface area (Å²) in [5.41, 5.74) is 1.79. The van der Waals surface area contributed by atoms with E-state index in [1.165, 1.54) is 23.4 Å². The number of hydrogen-bond donors (Lipinski definition) is 1. The highest BCUT2D eigenvalue weighted by Crippen LogP contribution is 2.34. The fourth-order valence-corrected chi connectivity index (χ4v) is 5.49. The molecule has 1 amide bonds. The van der Waals surface area contributed by atoms with E-state index in [9.17, 15) is 18.0 Å². The third-order valence-electron chi connectivity index (χ3n) is 8.00. The van der Waals surface area contributed by atoms with Crippen LogP contribution in [0.4, 0.5) is 24.5 Å². The van der Waals surface area contributed by atoms with Gasteiger partial charge in [-0.05, 0) is 67.1 Å². The molecule has 2 aliphatic rings. The summed E-state index contributed by atoms with van der Waals surface area (Å²) in [4.78, 5) is 19.5. The highest BCUT2D eigenvalue weighted by atomic mass is 19.4. The summed E-state index contributed by atoms with van der Waals surface area (Å²) in [7, 11) is 0. The normalized spacial score (nSPS) is 17.5. The molecule has 40 heavy (non-hydrogen) atoms. The van der Waals surface area contributed by atoms with Crippen molar-refractivity contribution in [2.45, 2.75) is 64.1 Å². The van der Waals surface area contributed by atoms with Gasteiger partial charge < -0.3 is 15.1 Å². The van der Waals surface area contributed by atoms with Crippen molar-refractivity contribution in [1.29, 1.82) is 5.26 Å². The molecule has 0 aromatic heterocycles. The van der Waals surface area contributed by atoms with Gasteiger partial charge in [-0.3, -0.25) is 9.69 Å². The first kappa shape index (κ1) is 29.7. The smallest absolute Gasteiger partial charge is 0.382 e. The summed E-state index contributed by atoms with van der Waals surface area (Å²) in [5, 5.41) is 12.1. The van der Waals surface area contributed by atoms with E-state index >= 15 is 0 Å². The molecule has 9 heteroatoms. The largest absolute Gasteiger partial charge is 0.417 e. The fraction of sp³-hybridized carbons (Fsp3) is 0.548. The number of likely N-dealkylation sites (tertiary alicyclic amines) is 1. The Morgan fingerprint density at radius 3 is 2.20 bits per heavy atom. The molecule has 2 aromatic rings. The lowest BCUT2D eigenvalue weighted by Crippen LogP contribution is -2.47. The lowest BCUT2D eigenvalue weighted by Gasteiger charge is -2.36. The molecule has 0 bridgehead atoms. The molecule has 1 N–H and O–H groups in total. The topological polar surface area (TPSA) is 62.6 Å². The quantitative estimate of drug-likeness (QED) is 0.462. The minimum absolute atomic E-state index is 0.0148. The summed E-state index contributed by atoms with van der Waals surface area (Å²) < 4.78 is 39.8. The van der Waals surface area contributed by atoms with E-state index in [1.807, 2.05) is 4.90 Å². The summed E-state index contributed by atoms with van der Waals surface area (Å²) in [6, 6.07) is 14.2. The number of amides is 1. The number of halogens is 3. The predicted molar refractivity (Wildman–Crippen MR) is 152 cm³/mol. The van der Waals surface area contributed by atoms with Crippen molar-refractivity contribution < 1.29 is 18.0 Å². The molecule has 0 saturated carbocycles. The number of piperazine rings is 1. The second-order valence-electron chi connectivity index (χ2n) is 11.9. The molecule has 0 atom stereocenters. The van der Waals surface area contributed by atoms with E-state index in [2.05, 4.69) is 60.2 Å². The van der Waals surface area contributed by atoms with E-state index in [4.69, 9.17) is 5.26 Å². The first-order valence-electron chi connectivity index (χ1n) is 14.2. The molecule has 2 heterocycles. The van der Waals surface area contributed by atoms with Crippen molar-refractivity contribution in [3.63, 3.8) is 0 Å². The van der Waals surface area contributed by atoms with Crippen molar-refractivity contribution in [2.75, 3.05) is 56.0 Å². The van der Waals surface area contributed by atoms with Gasteiger partial charge in [-0.15, -0.1) is 0 Å². The molecule has 216 valence electrons. The number of carbonyl (C=O) groups is 1. The predicted octanol–water partition coefficient (Wildman–Crippen LogP) is 5.88. The molecule has 4 rings (SSSR count). The summed E-state index contributed by atoms with van der Waals surface area (Å²) in [6.07, 6.45) is -1.90. The van der Waals surface area contributed by atoms with Crippen LogP contribution in [-0.4, -0.2) is 67.6 Å². The van der Waals surface area contributed by atoms with E-state index in [0.29, 0.717) is 38.0 Å². The van der Waals surface area contributed by atoms with Crippen LogP contribution in [0.15, 0.2) is 42.5 Å². The zero-order chi connectivity index (χ0) is 28.9. The second-order valence-corrected chi connectivity index (χ2v) is 11.9. The Morgan fingerprint density at radius 2 is 1.62 bits per heavy atom. The van der Waals surface area contributed by atoms with Gasteiger partial charge in [0.05, 0.1) is 17.2 Å². The highest BCUT2D eigenvalue weighted by molar-refractivity contribution is 5.76.